The summed E-state index contributed by atoms with van der Waals surface area (Å²) in [6.45, 7) is 0. The van der Waals surface area contributed by atoms with Crippen molar-refractivity contribution < 1.29 is 0 Å². The molecule has 0 saturated carbocycles. The first-order valence-electron chi connectivity index (χ1n) is 4.03. The molecule has 1 aromatic rings. The van der Waals surface area contributed by atoms with Crippen molar-refractivity contribution in [2.75, 3.05) is 0 Å². The van der Waals surface area contributed by atoms with E-state index in [0.717, 1.165) is 0 Å². The normalized spacial score (nSPS) is 10.4. The lowest BCUT2D eigenvalue weighted by atomic mass is 10.3. The Labute approximate surface area is 99.1 Å². The molecule has 0 fully saturated rings. The lowest BCUT2D eigenvalue weighted by molar-refractivity contribution is 1.43. The van der Waals surface area contributed by atoms with E-state index >= 15 is 0 Å². The first-order valence-corrected chi connectivity index (χ1v) is 4.41. The van der Waals surface area contributed by atoms with E-state index in [0.29, 0.717) is 10.7 Å². The molecule has 0 aromatic heterocycles. The molecule has 0 unspecified atom stereocenters. The molecule has 0 bridgehead atoms. The SMILES string of the molecule is C.N=C(N)C(=N)C(N)=Nc1cccc(Cl)c1. The third kappa shape index (κ3) is 3.70. The number of benzene rings is 1. The monoisotopic (exact) mass is 239 g/mol. The van der Waals surface area contributed by atoms with Crippen LogP contribution in [0.1, 0.15) is 7.43 Å². The van der Waals surface area contributed by atoms with Crippen molar-refractivity contribution in [2.45, 2.75) is 7.43 Å². The van der Waals surface area contributed by atoms with Gasteiger partial charge in [-0.1, -0.05) is 25.1 Å². The molecule has 6 N–H and O–H groups in total. The molecule has 0 aliphatic rings. The summed E-state index contributed by atoms with van der Waals surface area (Å²) in [7, 11) is 0. The fourth-order valence-corrected chi connectivity index (χ4v) is 1.06. The number of halogens is 1. The number of amidine groups is 2. The van der Waals surface area contributed by atoms with Crippen molar-refractivity contribution in [1.82, 2.24) is 0 Å². The molecule has 0 amide bonds. The van der Waals surface area contributed by atoms with Gasteiger partial charge in [-0.15, -0.1) is 0 Å². The van der Waals surface area contributed by atoms with E-state index < -0.39 is 5.84 Å². The van der Waals surface area contributed by atoms with Gasteiger partial charge in [-0.05, 0) is 18.2 Å². The summed E-state index contributed by atoms with van der Waals surface area (Å²) >= 11 is 5.74. The number of hydrogen-bond acceptors (Lipinski definition) is 3. The highest BCUT2D eigenvalue weighted by molar-refractivity contribution is 6.65. The first-order chi connectivity index (χ1) is 7.00. The van der Waals surface area contributed by atoms with Crippen molar-refractivity contribution in [2.24, 2.45) is 16.5 Å². The minimum atomic E-state index is -0.418. The van der Waals surface area contributed by atoms with Crippen LogP contribution in [-0.2, 0) is 0 Å². The van der Waals surface area contributed by atoms with Crippen LogP contribution in [0.15, 0.2) is 29.3 Å². The zero-order valence-electron chi connectivity index (χ0n) is 7.79. The number of aliphatic imine (C=N–C) groups is 1. The molecule has 86 valence electrons. The minimum Gasteiger partial charge on any atom is -0.382 e. The fourth-order valence-electron chi connectivity index (χ4n) is 0.879. The summed E-state index contributed by atoms with van der Waals surface area (Å²) in [6.07, 6.45) is 0. The predicted molar refractivity (Wildman–Crippen MR) is 69.1 cm³/mol. The van der Waals surface area contributed by atoms with Crippen LogP contribution in [0.5, 0.6) is 0 Å². The van der Waals surface area contributed by atoms with Crippen molar-refractivity contribution in [3.05, 3.63) is 29.3 Å². The zero-order valence-corrected chi connectivity index (χ0v) is 8.55. The van der Waals surface area contributed by atoms with Crippen LogP contribution in [0.4, 0.5) is 5.69 Å². The molecule has 0 aliphatic carbocycles. The lowest BCUT2D eigenvalue weighted by Gasteiger charge is -2.01. The Hall–Kier alpha value is -1.88. The van der Waals surface area contributed by atoms with Crippen LogP contribution in [0, 0.1) is 10.8 Å². The van der Waals surface area contributed by atoms with E-state index in [9.17, 15) is 0 Å². The van der Waals surface area contributed by atoms with Gasteiger partial charge in [0.1, 0.15) is 11.5 Å². The van der Waals surface area contributed by atoms with Gasteiger partial charge in [0.2, 0.25) is 0 Å². The topological polar surface area (TPSA) is 112 Å². The summed E-state index contributed by atoms with van der Waals surface area (Å²) in [5, 5.41) is 14.8. The molecule has 6 heteroatoms. The standard InChI is InChI=1S/C9H10ClN5.CH4/c10-5-2-1-3-6(4-5)15-9(14)7(11)8(12)13;/h1-4,11H,(H3,12,13)(H2,14,15);1H4. The van der Waals surface area contributed by atoms with E-state index in [-0.39, 0.29) is 19.0 Å². The van der Waals surface area contributed by atoms with Crippen LogP contribution in [0.2, 0.25) is 5.02 Å². The van der Waals surface area contributed by atoms with E-state index in [1.807, 2.05) is 0 Å². The quantitative estimate of drug-likeness (QED) is 0.477. The second-order valence-electron chi connectivity index (χ2n) is 2.77. The van der Waals surface area contributed by atoms with E-state index in [4.69, 9.17) is 33.9 Å². The van der Waals surface area contributed by atoms with Crippen molar-refractivity contribution in [1.29, 1.82) is 10.8 Å². The van der Waals surface area contributed by atoms with Crippen LogP contribution in [0.25, 0.3) is 0 Å². The Morgan fingerprint density at radius 2 is 1.88 bits per heavy atom. The van der Waals surface area contributed by atoms with Gasteiger partial charge in [0.05, 0.1) is 5.69 Å². The number of hydrogen-bond donors (Lipinski definition) is 4. The Balaban J connectivity index is 0.00000225. The summed E-state index contributed by atoms with van der Waals surface area (Å²) < 4.78 is 0. The van der Waals surface area contributed by atoms with Crippen molar-refractivity contribution in [3.63, 3.8) is 0 Å². The maximum Gasteiger partial charge on any atom is 0.153 e. The Kier molecular flexibility index (Phi) is 5.18. The average Bonchev–Trinajstić information content (AvgIpc) is 2.16. The summed E-state index contributed by atoms with van der Waals surface area (Å²) in [5.41, 5.74) is 10.8. The van der Waals surface area contributed by atoms with Gasteiger partial charge in [0.25, 0.3) is 0 Å². The van der Waals surface area contributed by atoms with Crippen LogP contribution < -0.4 is 11.5 Å². The van der Waals surface area contributed by atoms with E-state index in [1.54, 1.807) is 24.3 Å². The van der Waals surface area contributed by atoms with Crippen molar-refractivity contribution >= 4 is 34.7 Å². The Bertz CT molecular complexity index is 439. The smallest absolute Gasteiger partial charge is 0.153 e. The molecule has 0 spiro atoms. The minimum absolute atomic E-state index is 0. The number of rotatable bonds is 3. The van der Waals surface area contributed by atoms with Gasteiger partial charge in [-0.3, -0.25) is 10.8 Å². The van der Waals surface area contributed by atoms with E-state index in [2.05, 4.69) is 4.99 Å². The maximum atomic E-state index is 7.31. The van der Waals surface area contributed by atoms with Gasteiger partial charge in [0.15, 0.2) is 5.84 Å². The molecule has 16 heavy (non-hydrogen) atoms. The van der Waals surface area contributed by atoms with Crippen molar-refractivity contribution in [3.8, 4) is 0 Å². The number of nitrogens with one attached hydrogen (secondary N) is 2. The third-order valence-corrected chi connectivity index (χ3v) is 1.82. The molecule has 0 atom stereocenters. The maximum absolute atomic E-state index is 7.31. The molecule has 0 saturated heterocycles. The molecule has 1 rings (SSSR count). The van der Waals surface area contributed by atoms with Crippen LogP contribution in [0.3, 0.4) is 0 Å². The van der Waals surface area contributed by atoms with Gasteiger partial charge in [-0.2, -0.15) is 0 Å². The second kappa shape index (κ2) is 5.87. The summed E-state index contributed by atoms with van der Waals surface area (Å²) in [5.74, 6) is -0.525. The average molecular weight is 240 g/mol. The Morgan fingerprint density at radius 1 is 1.25 bits per heavy atom. The molecule has 5 nitrogen and oxygen atoms in total. The van der Waals surface area contributed by atoms with Crippen LogP contribution in [-0.4, -0.2) is 17.4 Å². The van der Waals surface area contributed by atoms with Gasteiger partial charge in [0, 0.05) is 5.02 Å². The van der Waals surface area contributed by atoms with Crippen LogP contribution >= 0.6 is 11.6 Å². The molecule has 0 aliphatic heterocycles. The molecular formula is C10H14ClN5. The Morgan fingerprint density at radius 3 is 2.38 bits per heavy atom. The number of nitrogens with zero attached hydrogens (tertiary/aromatic N) is 1. The van der Waals surface area contributed by atoms with Gasteiger partial charge < -0.3 is 11.5 Å². The highest BCUT2D eigenvalue weighted by Crippen LogP contribution is 2.17. The largest absolute Gasteiger partial charge is 0.382 e. The lowest BCUT2D eigenvalue weighted by Crippen LogP contribution is -2.34. The molecule has 0 radical (unpaired) electrons. The van der Waals surface area contributed by atoms with Gasteiger partial charge >= 0.3 is 0 Å². The summed E-state index contributed by atoms with van der Waals surface area (Å²) in [6, 6.07) is 6.70. The van der Waals surface area contributed by atoms with Gasteiger partial charge in [-0.25, -0.2) is 4.99 Å². The predicted octanol–water partition coefficient (Wildman–Crippen LogP) is 1.92. The molecular weight excluding hydrogens is 226 g/mol. The zero-order chi connectivity index (χ0) is 11.4. The van der Waals surface area contributed by atoms with E-state index in [1.165, 1.54) is 0 Å². The molecule has 0 heterocycles. The third-order valence-electron chi connectivity index (χ3n) is 1.58. The highest BCUT2D eigenvalue weighted by Gasteiger charge is 2.05. The second-order valence-corrected chi connectivity index (χ2v) is 3.20. The fraction of sp³-hybridized carbons (Fsp3) is 0.100. The highest BCUT2D eigenvalue weighted by atomic mass is 35.5. The summed E-state index contributed by atoms with van der Waals surface area (Å²) in [4.78, 5) is 3.91. The first kappa shape index (κ1) is 14.1. The number of nitrogens with two attached hydrogens (primary N) is 2. The molecule has 1 aromatic carbocycles.